The Labute approximate surface area is 297 Å². The second-order valence-corrected chi connectivity index (χ2v) is 12.8. The van der Waals surface area contributed by atoms with E-state index in [0.717, 1.165) is 26.2 Å². The molecule has 8 rings (SSSR count). The van der Waals surface area contributed by atoms with Crippen LogP contribution in [-0.4, -0.2) is 79.7 Å². The lowest BCUT2D eigenvalue weighted by atomic mass is 9.93. The quantitative estimate of drug-likeness (QED) is 0.163. The molecule has 2 aliphatic rings. The Morgan fingerprint density at radius 2 is 0.902 bits per heavy atom. The molecule has 1 N–H and O–H groups in total. The second kappa shape index (κ2) is 15.4. The van der Waals surface area contributed by atoms with Crippen molar-refractivity contribution in [2.75, 3.05) is 33.3 Å². The fraction of sp³-hybridized carbons (Fsp3) is 0.220. The van der Waals surface area contributed by atoms with Crippen molar-refractivity contribution in [3.8, 4) is 0 Å². The first-order chi connectivity index (χ1) is 25.0. The summed E-state index contributed by atoms with van der Waals surface area (Å²) in [5.41, 5.74) is 5.55. The Kier molecular flexibility index (Phi) is 10.1. The van der Waals surface area contributed by atoms with Crippen LogP contribution in [-0.2, 0) is 4.74 Å². The largest absolute Gasteiger partial charge is 0.476 e. The number of rotatable bonds is 10. The number of aromatic carboxylic acids is 1. The Bertz CT molecular complexity index is 1940. The maximum Gasteiger partial charge on any atom is 0.358 e. The molecule has 0 bridgehead atoms. The summed E-state index contributed by atoms with van der Waals surface area (Å²) in [5.74, 6) is -1.38. The van der Waals surface area contributed by atoms with Crippen LogP contribution in [0, 0.1) is 0 Å². The highest BCUT2D eigenvalue weighted by Crippen LogP contribution is 2.37. The van der Waals surface area contributed by atoms with Crippen molar-refractivity contribution < 1.29 is 19.4 Å². The number of esters is 1. The van der Waals surface area contributed by atoms with E-state index in [4.69, 9.17) is 9.84 Å². The van der Waals surface area contributed by atoms with Gasteiger partial charge in [-0.25, -0.2) is 9.59 Å². The Hall–Kier alpha value is -5.84. The van der Waals surface area contributed by atoms with E-state index in [2.05, 4.69) is 117 Å². The number of carbonyl (C=O) groups excluding carboxylic acids is 1. The molecule has 2 fully saturated rings. The van der Waals surface area contributed by atoms with Gasteiger partial charge in [-0.15, -0.1) is 0 Å². The number of hydrogen-bond donors (Lipinski definition) is 1. The molecule has 4 aromatic carbocycles. The van der Waals surface area contributed by atoms with E-state index in [1.165, 1.54) is 29.4 Å². The molecule has 0 saturated carbocycles. The maximum atomic E-state index is 11.6. The van der Waals surface area contributed by atoms with E-state index in [1.807, 2.05) is 35.1 Å². The molecule has 2 aromatic heterocycles. The van der Waals surface area contributed by atoms with Crippen LogP contribution in [0.25, 0.3) is 0 Å². The Balaban J connectivity index is 0.000000159. The first-order valence-electron chi connectivity index (χ1n) is 17.1. The zero-order valence-electron chi connectivity index (χ0n) is 28.3. The number of carboxylic acids is 1. The predicted octanol–water partition coefficient (Wildman–Crippen LogP) is 6.54. The lowest BCUT2D eigenvalue weighted by molar-refractivity contribution is 0.0574. The average Bonchev–Trinajstić information content (AvgIpc) is 3.84. The summed E-state index contributed by atoms with van der Waals surface area (Å²) < 4.78 is 8.37. The molecule has 10 heteroatoms. The van der Waals surface area contributed by atoms with Crippen molar-refractivity contribution >= 4 is 11.9 Å². The summed E-state index contributed by atoms with van der Waals surface area (Å²) in [7, 11) is 1.37. The number of aromatic nitrogens is 4. The molecule has 0 unspecified atom stereocenters. The normalized spacial score (nSPS) is 15.1. The molecule has 0 spiro atoms. The molecule has 0 radical (unpaired) electrons. The summed E-state index contributed by atoms with van der Waals surface area (Å²) in [4.78, 5) is 27.4. The Morgan fingerprint density at radius 1 is 0.569 bits per heavy atom. The van der Waals surface area contributed by atoms with Gasteiger partial charge in [0.15, 0.2) is 11.4 Å². The van der Waals surface area contributed by atoms with E-state index in [9.17, 15) is 9.59 Å². The molecule has 258 valence electrons. The minimum Gasteiger partial charge on any atom is -0.476 e. The minimum atomic E-state index is -0.985. The molecule has 0 atom stereocenters. The third-order valence-electron chi connectivity index (χ3n) is 9.55. The molecular weight excluding hydrogens is 640 g/mol. The van der Waals surface area contributed by atoms with Gasteiger partial charge in [-0.2, -0.15) is 10.2 Å². The van der Waals surface area contributed by atoms with Gasteiger partial charge in [0.05, 0.1) is 31.3 Å². The smallest absolute Gasteiger partial charge is 0.358 e. The zero-order chi connectivity index (χ0) is 35.2. The van der Waals surface area contributed by atoms with Crippen molar-refractivity contribution in [2.24, 2.45) is 0 Å². The van der Waals surface area contributed by atoms with Gasteiger partial charge >= 0.3 is 11.9 Å². The van der Waals surface area contributed by atoms with Crippen LogP contribution in [0.15, 0.2) is 146 Å². The van der Waals surface area contributed by atoms with Crippen LogP contribution < -0.4 is 0 Å². The van der Waals surface area contributed by atoms with Gasteiger partial charge in [-0.1, -0.05) is 121 Å². The van der Waals surface area contributed by atoms with Crippen LogP contribution >= 0.6 is 0 Å². The van der Waals surface area contributed by atoms with Gasteiger partial charge in [-0.05, 0) is 34.4 Å². The second-order valence-electron chi connectivity index (χ2n) is 12.8. The highest BCUT2D eigenvalue weighted by atomic mass is 16.5. The molecule has 2 aliphatic heterocycles. The van der Waals surface area contributed by atoms with Gasteiger partial charge in [0.2, 0.25) is 0 Å². The third-order valence-corrected chi connectivity index (χ3v) is 9.55. The lowest BCUT2D eigenvalue weighted by Crippen LogP contribution is -2.49. The third kappa shape index (κ3) is 7.52. The highest BCUT2D eigenvalue weighted by Gasteiger charge is 2.37. The van der Waals surface area contributed by atoms with Crippen LogP contribution in [0.3, 0.4) is 0 Å². The van der Waals surface area contributed by atoms with E-state index < -0.39 is 11.9 Å². The summed E-state index contributed by atoms with van der Waals surface area (Å²) in [5, 5.41) is 17.5. The number of likely N-dealkylation sites (tertiary alicyclic amines) is 2. The highest BCUT2D eigenvalue weighted by molar-refractivity contribution is 5.86. The molecule has 4 heterocycles. The van der Waals surface area contributed by atoms with Gasteiger partial charge < -0.3 is 9.84 Å². The number of carbonyl (C=O) groups is 2. The van der Waals surface area contributed by atoms with Crippen LogP contribution in [0.4, 0.5) is 0 Å². The minimum absolute atomic E-state index is 0.0983. The van der Waals surface area contributed by atoms with Gasteiger partial charge in [0.25, 0.3) is 0 Å². The molecular formula is C41H40N6O4. The van der Waals surface area contributed by atoms with Crippen molar-refractivity contribution in [3.63, 3.8) is 0 Å². The fourth-order valence-corrected chi connectivity index (χ4v) is 6.91. The monoisotopic (exact) mass is 680 g/mol. The first kappa shape index (κ1) is 33.6. The van der Waals surface area contributed by atoms with Gasteiger partial charge in [0, 0.05) is 38.6 Å². The van der Waals surface area contributed by atoms with Crippen LogP contribution in [0.1, 0.15) is 67.4 Å². The molecule has 0 amide bonds. The molecule has 0 aliphatic carbocycles. The van der Waals surface area contributed by atoms with Crippen molar-refractivity contribution in [1.29, 1.82) is 0 Å². The van der Waals surface area contributed by atoms with Gasteiger partial charge in [-0.3, -0.25) is 19.2 Å². The number of ether oxygens (including phenoxy) is 1. The average molecular weight is 681 g/mol. The lowest BCUT2D eigenvalue weighted by Gasteiger charge is -2.44. The topological polar surface area (TPSA) is 106 Å². The maximum absolute atomic E-state index is 11.6. The van der Waals surface area contributed by atoms with Crippen molar-refractivity contribution in [3.05, 3.63) is 179 Å². The summed E-state index contributed by atoms with van der Waals surface area (Å²) in [6.45, 7) is 3.46. The number of methoxy groups -OCH3 is 1. The van der Waals surface area contributed by atoms with E-state index in [1.54, 1.807) is 23.0 Å². The van der Waals surface area contributed by atoms with Gasteiger partial charge in [0.1, 0.15) is 0 Å². The predicted molar refractivity (Wildman–Crippen MR) is 193 cm³/mol. The molecule has 2 saturated heterocycles. The number of benzene rings is 4. The van der Waals surface area contributed by atoms with Crippen LogP contribution in [0.2, 0.25) is 0 Å². The molecule has 51 heavy (non-hydrogen) atoms. The Morgan fingerprint density at radius 3 is 1.22 bits per heavy atom. The van der Waals surface area contributed by atoms with Crippen molar-refractivity contribution in [1.82, 2.24) is 29.4 Å². The SMILES string of the molecule is COC(=O)c1ccn(C2CN(C(c3ccccc3)c3ccccc3)C2)n1.O=C(O)c1ccn(C2CN(C(c3ccccc3)c3ccccc3)C2)n1. The fourth-order valence-electron chi connectivity index (χ4n) is 6.91. The summed E-state index contributed by atoms with van der Waals surface area (Å²) >= 11 is 0. The summed E-state index contributed by atoms with van der Waals surface area (Å²) in [6.07, 6.45) is 3.61. The number of hydrogen-bond acceptors (Lipinski definition) is 7. The van der Waals surface area contributed by atoms with E-state index >= 15 is 0 Å². The van der Waals surface area contributed by atoms with E-state index in [0.29, 0.717) is 5.69 Å². The van der Waals surface area contributed by atoms with E-state index in [-0.39, 0.29) is 29.9 Å². The van der Waals surface area contributed by atoms with Crippen LogP contribution in [0.5, 0.6) is 0 Å². The van der Waals surface area contributed by atoms with Crippen molar-refractivity contribution in [2.45, 2.75) is 24.2 Å². The summed E-state index contributed by atoms with van der Waals surface area (Å²) in [6, 6.07) is 46.2. The standard InChI is InChI=1S/C21H21N3O2.C20H19N3O2/c1-26-21(25)19-12-13-24(22-19)18-14-23(15-18)20(16-8-4-2-5-9-16)17-10-6-3-7-11-17;24-20(25)18-11-12-23(21-18)17-13-22(14-17)19(15-7-3-1-4-8-15)16-9-5-2-6-10-16/h2-13,18,20H,14-15H2,1H3;1-12,17,19H,13-14H2,(H,24,25). The number of nitrogens with zero attached hydrogens (tertiary/aromatic N) is 6. The number of carboxylic acid groups (broad SMARTS) is 1. The first-order valence-corrected chi connectivity index (χ1v) is 17.1. The zero-order valence-corrected chi connectivity index (χ0v) is 28.3. The molecule has 6 aromatic rings. The molecule has 10 nitrogen and oxygen atoms in total.